The van der Waals surface area contributed by atoms with E-state index in [-0.39, 0.29) is 0 Å². The lowest BCUT2D eigenvalue weighted by atomic mass is 9.65. The van der Waals surface area contributed by atoms with Crippen molar-refractivity contribution in [3.05, 3.63) is 48.8 Å². The van der Waals surface area contributed by atoms with Gasteiger partial charge in [0, 0.05) is 48.3 Å². The minimum absolute atomic E-state index is 0.631. The number of piperidine rings is 3. The van der Waals surface area contributed by atoms with Crippen LogP contribution < -0.4 is 5.32 Å². The monoisotopic (exact) mass is 344 g/mol. The minimum atomic E-state index is 0.631. The molecule has 4 aliphatic rings. The van der Waals surface area contributed by atoms with Gasteiger partial charge in [0.25, 0.3) is 0 Å². The smallest absolute Gasteiger partial charge is 0.0703 e. The first-order chi connectivity index (χ1) is 12.8. The van der Waals surface area contributed by atoms with E-state index in [2.05, 4.69) is 51.6 Å². The Kier molecular flexibility index (Phi) is 3.18. The van der Waals surface area contributed by atoms with E-state index >= 15 is 0 Å². The molecule has 0 radical (unpaired) electrons. The van der Waals surface area contributed by atoms with Crippen LogP contribution in [-0.4, -0.2) is 40.5 Å². The number of pyridine rings is 1. The maximum absolute atomic E-state index is 4.74. The summed E-state index contributed by atoms with van der Waals surface area (Å²) < 4.78 is 0. The van der Waals surface area contributed by atoms with Crippen LogP contribution >= 0.6 is 0 Å². The van der Waals surface area contributed by atoms with Crippen molar-refractivity contribution in [3.8, 4) is 11.3 Å². The molecule has 2 N–H and O–H groups in total. The Morgan fingerprint density at radius 3 is 2.65 bits per heavy atom. The summed E-state index contributed by atoms with van der Waals surface area (Å²) in [7, 11) is 0. The van der Waals surface area contributed by atoms with Crippen LogP contribution in [0.1, 0.15) is 12.8 Å². The molecule has 3 saturated heterocycles. The van der Waals surface area contributed by atoms with Crippen LogP contribution in [0.25, 0.3) is 22.2 Å². The van der Waals surface area contributed by atoms with Crippen LogP contribution in [-0.2, 0) is 0 Å². The van der Waals surface area contributed by atoms with Gasteiger partial charge in [-0.05, 0) is 60.9 Å². The molecule has 7 rings (SSSR count). The second-order valence-electron chi connectivity index (χ2n) is 8.46. The standard InChI is InChI=1S/C22H24N4/c1-3-20-16(5-6-23-20)9-15(1)21-4-2-19(10-24-21)25-22-17-7-14-8-18(22)13-26(11-14)12-17/h1-6,9-10,14,17-18,22-23,25H,7-8,11-13H2/t14?,17-,18-,22?/m0/s1. The maximum Gasteiger partial charge on any atom is 0.0703 e. The van der Waals surface area contributed by atoms with E-state index in [1.807, 2.05) is 12.4 Å². The van der Waals surface area contributed by atoms with Crippen LogP contribution in [0.3, 0.4) is 0 Å². The number of hydrogen-bond acceptors (Lipinski definition) is 3. The summed E-state index contributed by atoms with van der Waals surface area (Å²) in [4.78, 5) is 10.7. The highest BCUT2D eigenvalue weighted by Crippen LogP contribution is 2.44. The van der Waals surface area contributed by atoms with Gasteiger partial charge in [0.15, 0.2) is 0 Å². The van der Waals surface area contributed by atoms with E-state index in [0.717, 1.165) is 23.4 Å². The predicted octanol–water partition coefficient (Wildman–Crippen LogP) is 3.98. The molecule has 4 fully saturated rings. The number of H-pyrrole nitrogens is 1. The van der Waals surface area contributed by atoms with Gasteiger partial charge < -0.3 is 15.2 Å². The molecule has 0 amide bonds. The number of fused-ring (bicyclic) bond motifs is 1. The van der Waals surface area contributed by atoms with Gasteiger partial charge >= 0.3 is 0 Å². The predicted molar refractivity (Wildman–Crippen MR) is 105 cm³/mol. The van der Waals surface area contributed by atoms with Crippen molar-refractivity contribution in [1.29, 1.82) is 0 Å². The molecule has 0 spiro atoms. The molecule has 4 heteroatoms. The number of rotatable bonds is 3. The van der Waals surface area contributed by atoms with Gasteiger partial charge in [-0.15, -0.1) is 0 Å². The Balaban J connectivity index is 1.23. The van der Waals surface area contributed by atoms with Gasteiger partial charge in [-0.3, -0.25) is 4.98 Å². The molecule has 2 aromatic heterocycles. The lowest BCUT2D eigenvalue weighted by Gasteiger charge is -2.56. The molecule has 1 aliphatic carbocycles. The summed E-state index contributed by atoms with van der Waals surface area (Å²) in [6.45, 7) is 3.92. The third kappa shape index (κ3) is 2.36. The third-order valence-corrected chi connectivity index (χ3v) is 6.74. The SMILES string of the molecule is c1cc2cc(-c3ccc(NC4[C@H]5CC6C[C@H]4CN(C6)C5)cn3)ccc2[nH]1. The highest BCUT2D eigenvalue weighted by molar-refractivity contribution is 5.84. The van der Waals surface area contributed by atoms with Crippen molar-refractivity contribution in [2.24, 2.45) is 17.8 Å². The Labute approximate surface area is 153 Å². The van der Waals surface area contributed by atoms with E-state index in [1.165, 1.54) is 54.6 Å². The summed E-state index contributed by atoms with van der Waals surface area (Å²) in [5.74, 6) is 2.59. The molecule has 4 nitrogen and oxygen atoms in total. The van der Waals surface area contributed by atoms with E-state index in [0.29, 0.717) is 6.04 Å². The van der Waals surface area contributed by atoms with E-state index in [4.69, 9.17) is 4.98 Å². The number of benzene rings is 1. The van der Waals surface area contributed by atoms with Gasteiger partial charge in [-0.1, -0.05) is 6.07 Å². The number of aromatic nitrogens is 2. The Bertz CT molecular complexity index is 914. The number of hydrogen-bond donors (Lipinski definition) is 2. The molecule has 132 valence electrons. The fourth-order valence-electron chi connectivity index (χ4n) is 5.70. The van der Waals surface area contributed by atoms with Crippen LogP contribution in [0.4, 0.5) is 5.69 Å². The van der Waals surface area contributed by atoms with Crippen molar-refractivity contribution in [3.63, 3.8) is 0 Å². The number of anilines is 1. The molecule has 5 heterocycles. The summed E-state index contributed by atoms with van der Waals surface area (Å²) >= 11 is 0. The second-order valence-corrected chi connectivity index (χ2v) is 8.46. The van der Waals surface area contributed by atoms with Crippen molar-refractivity contribution in [1.82, 2.24) is 14.9 Å². The fourth-order valence-corrected chi connectivity index (χ4v) is 5.70. The topological polar surface area (TPSA) is 44.0 Å². The summed E-state index contributed by atoms with van der Waals surface area (Å²) in [6, 6.07) is 13.6. The zero-order valence-electron chi connectivity index (χ0n) is 14.9. The highest BCUT2D eigenvalue weighted by atomic mass is 15.2. The van der Waals surface area contributed by atoms with Gasteiger partial charge in [0.1, 0.15) is 0 Å². The lowest BCUT2D eigenvalue weighted by molar-refractivity contribution is -0.0269. The van der Waals surface area contributed by atoms with E-state index in [9.17, 15) is 0 Å². The molecule has 26 heavy (non-hydrogen) atoms. The molecule has 0 unspecified atom stereocenters. The zero-order valence-corrected chi connectivity index (χ0v) is 14.9. The van der Waals surface area contributed by atoms with Gasteiger partial charge in [0.05, 0.1) is 17.6 Å². The van der Waals surface area contributed by atoms with E-state index in [1.54, 1.807) is 0 Å². The van der Waals surface area contributed by atoms with Crippen LogP contribution in [0, 0.1) is 17.8 Å². The van der Waals surface area contributed by atoms with Crippen LogP contribution in [0.2, 0.25) is 0 Å². The summed E-state index contributed by atoms with van der Waals surface area (Å²) in [6.07, 6.45) is 6.82. The molecular formula is C22H24N4. The number of nitrogens with one attached hydrogen (secondary N) is 2. The average Bonchev–Trinajstić information content (AvgIpc) is 3.12. The Morgan fingerprint density at radius 1 is 1.00 bits per heavy atom. The van der Waals surface area contributed by atoms with Crippen LogP contribution in [0.15, 0.2) is 48.8 Å². The Hall–Kier alpha value is -2.33. The average molecular weight is 344 g/mol. The molecule has 3 aliphatic heterocycles. The second kappa shape index (κ2) is 5.58. The molecule has 3 aromatic rings. The highest BCUT2D eigenvalue weighted by Gasteiger charge is 2.47. The van der Waals surface area contributed by atoms with Crippen molar-refractivity contribution in [2.75, 3.05) is 25.0 Å². The zero-order chi connectivity index (χ0) is 17.1. The first-order valence-corrected chi connectivity index (χ1v) is 9.84. The number of aromatic amines is 1. The Morgan fingerprint density at radius 2 is 1.88 bits per heavy atom. The van der Waals surface area contributed by atoms with Crippen LogP contribution in [0.5, 0.6) is 0 Å². The molecule has 1 aromatic carbocycles. The first kappa shape index (κ1) is 14.8. The van der Waals surface area contributed by atoms with Crippen molar-refractivity contribution >= 4 is 16.6 Å². The number of nitrogens with zero attached hydrogens (tertiary/aromatic N) is 2. The van der Waals surface area contributed by atoms with Crippen molar-refractivity contribution in [2.45, 2.75) is 18.9 Å². The van der Waals surface area contributed by atoms with Gasteiger partial charge in [0.2, 0.25) is 0 Å². The molecular weight excluding hydrogens is 320 g/mol. The third-order valence-electron chi connectivity index (χ3n) is 6.74. The molecule has 1 saturated carbocycles. The minimum Gasteiger partial charge on any atom is -0.380 e. The molecule has 2 atom stereocenters. The first-order valence-electron chi connectivity index (χ1n) is 9.84. The van der Waals surface area contributed by atoms with E-state index < -0.39 is 0 Å². The summed E-state index contributed by atoms with van der Waals surface area (Å²) in [5.41, 5.74) is 4.55. The largest absolute Gasteiger partial charge is 0.380 e. The summed E-state index contributed by atoms with van der Waals surface area (Å²) in [5, 5.41) is 5.07. The quantitative estimate of drug-likeness (QED) is 0.755. The normalized spacial score (nSPS) is 32.2. The lowest BCUT2D eigenvalue weighted by Crippen LogP contribution is -2.62. The molecule has 4 bridgehead atoms. The van der Waals surface area contributed by atoms with Crippen molar-refractivity contribution < 1.29 is 0 Å². The van der Waals surface area contributed by atoms with Gasteiger partial charge in [-0.2, -0.15) is 0 Å². The maximum atomic E-state index is 4.74. The van der Waals surface area contributed by atoms with Gasteiger partial charge in [-0.25, -0.2) is 0 Å². The fraction of sp³-hybridized carbons (Fsp3) is 0.409.